The molecule has 5 rings (SSSR count). The van der Waals surface area contributed by atoms with Gasteiger partial charge in [0.25, 0.3) is 0 Å². The van der Waals surface area contributed by atoms with E-state index in [0.717, 1.165) is 49.2 Å². The number of carbonyl (C=O) groups is 2. The van der Waals surface area contributed by atoms with Crippen LogP contribution >= 0.6 is 23.2 Å². The first-order valence-electron chi connectivity index (χ1n) is 14.5. The molecule has 1 N–H and O–H groups in total. The lowest BCUT2D eigenvalue weighted by Crippen LogP contribution is -2.55. The maximum absolute atomic E-state index is 13.0. The first-order valence-corrected chi connectivity index (χ1v) is 15.2. The Kier molecular flexibility index (Phi) is 9.74. The molecule has 222 valence electrons. The largest absolute Gasteiger partial charge is 0.450 e. The average Bonchev–Trinajstić information content (AvgIpc) is 3.01. The van der Waals surface area contributed by atoms with Crippen LogP contribution in [0.4, 0.5) is 4.79 Å². The van der Waals surface area contributed by atoms with Crippen molar-refractivity contribution in [1.82, 2.24) is 15.1 Å². The number of hydrogen-bond acceptors (Lipinski definition) is 5. The van der Waals surface area contributed by atoms with Crippen molar-refractivity contribution in [3.63, 3.8) is 0 Å². The number of rotatable bonds is 9. The zero-order chi connectivity index (χ0) is 29.6. The molecule has 3 aromatic rings. The highest BCUT2D eigenvalue weighted by atomic mass is 35.5. The second kappa shape index (κ2) is 13.5. The quantitative estimate of drug-likeness (QED) is 0.305. The van der Waals surface area contributed by atoms with E-state index >= 15 is 0 Å². The number of hydrogen-bond donors (Lipinski definition) is 1. The summed E-state index contributed by atoms with van der Waals surface area (Å²) in [5, 5.41) is 4.11. The molecular formula is C33H37Cl2N3O4. The van der Waals surface area contributed by atoms with Gasteiger partial charge in [-0.2, -0.15) is 0 Å². The lowest BCUT2D eigenvalue weighted by molar-refractivity contribution is -0.169. The minimum atomic E-state index is -0.742. The van der Waals surface area contributed by atoms with Crippen molar-refractivity contribution < 1.29 is 19.1 Å². The van der Waals surface area contributed by atoms with Crippen molar-refractivity contribution in [1.29, 1.82) is 0 Å². The van der Waals surface area contributed by atoms with E-state index in [0.29, 0.717) is 36.2 Å². The van der Waals surface area contributed by atoms with Gasteiger partial charge in [-0.15, -0.1) is 0 Å². The fourth-order valence-electron chi connectivity index (χ4n) is 6.03. The van der Waals surface area contributed by atoms with Crippen LogP contribution in [0.3, 0.4) is 0 Å². The Balaban J connectivity index is 1.34. The van der Waals surface area contributed by atoms with Gasteiger partial charge in [0.05, 0.1) is 28.7 Å². The van der Waals surface area contributed by atoms with Crippen LogP contribution in [0.25, 0.3) is 0 Å². The standard InChI is InChI=1S/C33H37Cl2N3O4/c1-2-41-31(40)36-32(26-11-7-4-8-12-26)15-18-37(19-16-32)20-17-33(27-13-14-28(34)29(35)21-27)24-38(30(39)23-42-33)22-25-9-5-3-6-10-25/h3-14,21H,2,15-20,22-24H2,1H3,(H,36,40). The van der Waals surface area contributed by atoms with Crippen LogP contribution < -0.4 is 5.32 Å². The van der Waals surface area contributed by atoms with E-state index in [1.54, 1.807) is 6.07 Å². The minimum Gasteiger partial charge on any atom is -0.450 e. The molecule has 3 aromatic carbocycles. The van der Waals surface area contributed by atoms with Crippen molar-refractivity contribution >= 4 is 35.2 Å². The topological polar surface area (TPSA) is 71.1 Å². The monoisotopic (exact) mass is 609 g/mol. The zero-order valence-corrected chi connectivity index (χ0v) is 25.4. The molecule has 0 aromatic heterocycles. The minimum absolute atomic E-state index is 0.00629. The molecule has 2 aliphatic rings. The van der Waals surface area contributed by atoms with Crippen LogP contribution in [0.15, 0.2) is 78.9 Å². The molecule has 0 saturated carbocycles. The maximum Gasteiger partial charge on any atom is 0.407 e. The number of nitrogens with zero attached hydrogens (tertiary/aromatic N) is 2. The first kappa shape index (κ1) is 30.4. The van der Waals surface area contributed by atoms with Crippen LogP contribution in [0, 0.1) is 0 Å². The molecule has 42 heavy (non-hydrogen) atoms. The van der Waals surface area contributed by atoms with Crippen LogP contribution in [-0.2, 0) is 32.0 Å². The van der Waals surface area contributed by atoms with Crippen molar-refractivity contribution in [3.05, 3.63) is 106 Å². The number of halogens is 2. The van der Waals surface area contributed by atoms with Crippen LogP contribution in [-0.4, -0.2) is 61.2 Å². The number of morpholine rings is 1. The highest BCUT2D eigenvalue weighted by Gasteiger charge is 2.43. The number of ether oxygens (including phenoxy) is 2. The molecule has 0 spiro atoms. The van der Waals surface area contributed by atoms with Gasteiger partial charge in [0, 0.05) is 26.2 Å². The van der Waals surface area contributed by atoms with Gasteiger partial charge in [0.15, 0.2) is 0 Å². The van der Waals surface area contributed by atoms with E-state index in [2.05, 4.69) is 22.3 Å². The van der Waals surface area contributed by atoms with E-state index in [9.17, 15) is 9.59 Å². The molecule has 7 nitrogen and oxygen atoms in total. The Labute approximate surface area is 257 Å². The summed E-state index contributed by atoms with van der Waals surface area (Å²) in [6.07, 6.45) is 1.75. The second-order valence-electron chi connectivity index (χ2n) is 11.0. The normalized spacial score (nSPS) is 20.7. The van der Waals surface area contributed by atoms with Crippen LogP contribution in [0.1, 0.15) is 42.9 Å². The molecule has 0 radical (unpaired) electrons. The van der Waals surface area contributed by atoms with Gasteiger partial charge in [-0.25, -0.2) is 4.79 Å². The number of likely N-dealkylation sites (tertiary alicyclic amines) is 1. The predicted molar refractivity (Wildman–Crippen MR) is 165 cm³/mol. The molecule has 1 unspecified atom stereocenters. The predicted octanol–water partition coefficient (Wildman–Crippen LogP) is 6.38. The Morgan fingerprint density at radius 3 is 2.31 bits per heavy atom. The molecule has 9 heteroatoms. The Hall–Kier alpha value is -3.10. The summed E-state index contributed by atoms with van der Waals surface area (Å²) in [4.78, 5) is 29.8. The number of benzene rings is 3. The van der Waals surface area contributed by atoms with Gasteiger partial charge in [-0.1, -0.05) is 89.9 Å². The molecule has 1 atom stereocenters. The summed E-state index contributed by atoms with van der Waals surface area (Å²) in [6, 6.07) is 25.7. The number of carbonyl (C=O) groups excluding carboxylic acids is 2. The van der Waals surface area contributed by atoms with E-state index in [-0.39, 0.29) is 12.5 Å². The van der Waals surface area contributed by atoms with Crippen molar-refractivity contribution in [2.75, 3.05) is 39.4 Å². The maximum atomic E-state index is 13.0. The van der Waals surface area contributed by atoms with Crippen molar-refractivity contribution in [2.45, 2.75) is 43.9 Å². The molecular weight excluding hydrogens is 573 g/mol. The Morgan fingerprint density at radius 2 is 1.64 bits per heavy atom. The number of amides is 2. The number of alkyl carbamates (subject to hydrolysis) is 1. The van der Waals surface area contributed by atoms with E-state index in [1.165, 1.54) is 0 Å². The summed E-state index contributed by atoms with van der Waals surface area (Å²) < 4.78 is 11.7. The van der Waals surface area contributed by atoms with Crippen molar-refractivity contribution in [2.24, 2.45) is 0 Å². The molecule has 2 heterocycles. The third-order valence-corrected chi connectivity index (χ3v) is 9.16. The molecule has 2 saturated heterocycles. The lowest BCUT2D eigenvalue weighted by atomic mass is 9.80. The van der Waals surface area contributed by atoms with Gasteiger partial charge >= 0.3 is 6.09 Å². The van der Waals surface area contributed by atoms with Gasteiger partial charge < -0.3 is 24.6 Å². The van der Waals surface area contributed by atoms with E-state index < -0.39 is 17.2 Å². The Bertz CT molecular complexity index is 1370. The molecule has 2 fully saturated rings. The summed E-state index contributed by atoms with van der Waals surface area (Å²) in [6.45, 7) is 5.36. The van der Waals surface area contributed by atoms with E-state index in [1.807, 2.05) is 72.5 Å². The Morgan fingerprint density at radius 1 is 0.952 bits per heavy atom. The van der Waals surface area contributed by atoms with Crippen LogP contribution in [0.5, 0.6) is 0 Å². The number of nitrogens with one attached hydrogen (secondary N) is 1. The summed E-state index contributed by atoms with van der Waals surface area (Å²) in [7, 11) is 0. The van der Waals surface area contributed by atoms with Gasteiger partial charge in [-0.05, 0) is 55.0 Å². The highest BCUT2D eigenvalue weighted by Crippen LogP contribution is 2.39. The first-order chi connectivity index (χ1) is 20.3. The average molecular weight is 611 g/mol. The lowest BCUT2D eigenvalue weighted by Gasteiger charge is -2.46. The van der Waals surface area contributed by atoms with Crippen molar-refractivity contribution in [3.8, 4) is 0 Å². The fourth-order valence-corrected chi connectivity index (χ4v) is 6.33. The van der Waals surface area contributed by atoms with Gasteiger partial charge in [-0.3, -0.25) is 4.79 Å². The van der Waals surface area contributed by atoms with Gasteiger partial charge in [0.1, 0.15) is 12.2 Å². The van der Waals surface area contributed by atoms with Crippen LogP contribution in [0.2, 0.25) is 10.0 Å². The molecule has 0 bridgehead atoms. The smallest absolute Gasteiger partial charge is 0.407 e. The molecule has 0 aliphatic carbocycles. The third kappa shape index (κ3) is 6.92. The number of piperidine rings is 1. The second-order valence-corrected chi connectivity index (χ2v) is 11.8. The summed E-state index contributed by atoms with van der Waals surface area (Å²) in [5.74, 6) is -0.0369. The summed E-state index contributed by atoms with van der Waals surface area (Å²) in [5.41, 5.74) is 1.82. The highest BCUT2D eigenvalue weighted by molar-refractivity contribution is 6.42. The summed E-state index contributed by atoms with van der Waals surface area (Å²) >= 11 is 12.7. The SMILES string of the molecule is CCOC(=O)NC1(c2ccccc2)CCN(CCC2(c3ccc(Cl)c(Cl)c3)CN(Cc3ccccc3)C(=O)CO2)CC1. The fraction of sp³-hybridized carbons (Fsp3) is 0.394. The zero-order valence-electron chi connectivity index (χ0n) is 23.9. The van der Waals surface area contributed by atoms with Gasteiger partial charge in [0.2, 0.25) is 5.91 Å². The molecule has 2 amide bonds. The molecule has 2 aliphatic heterocycles. The third-order valence-electron chi connectivity index (χ3n) is 8.42. The van der Waals surface area contributed by atoms with E-state index in [4.69, 9.17) is 32.7 Å².